The van der Waals surface area contributed by atoms with Crippen molar-refractivity contribution < 1.29 is 24.6 Å². The topological polar surface area (TPSA) is 119 Å². The molecule has 7 nitrogen and oxygen atoms in total. The zero-order valence-electron chi connectivity index (χ0n) is 10.3. The van der Waals surface area contributed by atoms with E-state index in [1.807, 2.05) is 0 Å². The van der Waals surface area contributed by atoms with Crippen LogP contribution in [0.5, 0.6) is 0 Å². The Morgan fingerprint density at radius 1 is 1.20 bits per heavy atom. The van der Waals surface area contributed by atoms with Gasteiger partial charge in [0.2, 0.25) is 0 Å². The fraction of sp³-hybridized carbons (Fsp3) is 0.154. The van der Waals surface area contributed by atoms with Crippen LogP contribution in [0.2, 0.25) is 0 Å². The van der Waals surface area contributed by atoms with Crippen molar-refractivity contribution in [2.45, 2.75) is 12.5 Å². The third kappa shape index (κ3) is 2.77. The fourth-order valence-electron chi connectivity index (χ4n) is 1.89. The number of carboxylic acid groups (broad SMARTS) is 2. The zero-order valence-corrected chi connectivity index (χ0v) is 10.3. The van der Waals surface area contributed by atoms with Crippen molar-refractivity contribution in [3.63, 3.8) is 0 Å². The molecule has 1 aromatic carbocycles. The predicted molar refractivity (Wildman–Crippen MR) is 69.4 cm³/mol. The van der Waals surface area contributed by atoms with Gasteiger partial charge in [-0.1, -0.05) is 6.07 Å². The molecule has 0 spiro atoms. The maximum absolute atomic E-state index is 12.1. The van der Waals surface area contributed by atoms with Gasteiger partial charge in [-0.15, -0.1) is 0 Å². The van der Waals surface area contributed by atoms with Gasteiger partial charge in [0.25, 0.3) is 5.91 Å². The second-order valence-corrected chi connectivity index (χ2v) is 4.21. The summed E-state index contributed by atoms with van der Waals surface area (Å²) in [5, 5.41) is 20.4. The minimum atomic E-state index is -1.46. The number of nitrogens with one attached hydrogen (secondary N) is 2. The number of aromatic nitrogens is 1. The van der Waals surface area contributed by atoms with E-state index < -0.39 is 30.3 Å². The van der Waals surface area contributed by atoms with Gasteiger partial charge in [0, 0.05) is 22.7 Å². The molecule has 1 aromatic heterocycles. The first-order valence-electron chi connectivity index (χ1n) is 5.80. The number of amides is 1. The van der Waals surface area contributed by atoms with Crippen molar-refractivity contribution in [1.29, 1.82) is 0 Å². The molecular weight excluding hydrogens is 264 g/mol. The van der Waals surface area contributed by atoms with Gasteiger partial charge >= 0.3 is 11.9 Å². The quantitative estimate of drug-likeness (QED) is 0.644. The van der Waals surface area contributed by atoms with Crippen LogP contribution in [-0.2, 0) is 9.59 Å². The lowest BCUT2D eigenvalue weighted by Gasteiger charge is -2.12. The first-order chi connectivity index (χ1) is 9.49. The molecule has 20 heavy (non-hydrogen) atoms. The Morgan fingerprint density at radius 3 is 2.60 bits per heavy atom. The lowest BCUT2D eigenvalue weighted by molar-refractivity contribution is -0.145. The van der Waals surface area contributed by atoms with Crippen molar-refractivity contribution in [2.75, 3.05) is 0 Å². The van der Waals surface area contributed by atoms with Crippen LogP contribution in [0.15, 0.2) is 30.5 Å². The molecule has 1 unspecified atom stereocenters. The molecule has 0 aliphatic rings. The molecule has 7 heteroatoms. The Labute approximate surface area is 113 Å². The smallest absolute Gasteiger partial charge is 0.326 e. The standard InChI is InChI=1S/C13H12N2O5/c16-11(17)6-10(13(19)20)15-12(18)8-2-1-3-9-7(8)4-5-14-9/h1-5,10,14H,6H2,(H,15,18)(H,16,17)(H,19,20). The number of aliphatic carboxylic acids is 2. The van der Waals surface area contributed by atoms with Crippen LogP contribution < -0.4 is 5.32 Å². The molecule has 0 bridgehead atoms. The van der Waals surface area contributed by atoms with Gasteiger partial charge in [0.15, 0.2) is 0 Å². The van der Waals surface area contributed by atoms with Crippen molar-refractivity contribution in [2.24, 2.45) is 0 Å². The maximum atomic E-state index is 12.1. The van der Waals surface area contributed by atoms with E-state index in [0.29, 0.717) is 10.9 Å². The third-order valence-corrected chi connectivity index (χ3v) is 2.82. The van der Waals surface area contributed by atoms with Gasteiger partial charge in [0.1, 0.15) is 6.04 Å². The molecule has 2 rings (SSSR count). The number of benzene rings is 1. The van der Waals surface area contributed by atoms with E-state index in [0.717, 1.165) is 5.52 Å². The molecule has 104 valence electrons. The average molecular weight is 276 g/mol. The molecule has 0 radical (unpaired) electrons. The van der Waals surface area contributed by atoms with Gasteiger partial charge in [-0.2, -0.15) is 0 Å². The molecule has 0 aliphatic carbocycles. The van der Waals surface area contributed by atoms with Crippen LogP contribution in [0.1, 0.15) is 16.8 Å². The zero-order chi connectivity index (χ0) is 14.7. The molecule has 1 atom stereocenters. The molecule has 1 amide bonds. The van der Waals surface area contributed by atoms with Gasteiger partial charge in [-0.3, -0.25) is 9.59 Å². The number of H-pyrrole nitrogens is 1. The van der Waals surface area contributed by atoms with Crippen LogP contribution in [0.3, 0.4) is 0 Å². The van der Waals surface area contributed by atoms with Crippen molar-refractivity contribution in [3.05, 3.63) is 36.0 Å². The summed E-state index contributed by atoms with van der Waals surface area (Å²) in [6.45, 7) is 0. The van der Waals surface area contributed by atoms with Crippen LogP contribution in [0, 0.1) is 0 Å². The van der Waals surface area contributed by atoms with Crippen molar-refractivity contribution in [3.8, 4) is 0 Å². The Kier molecular flexibility index (Phi) is 3.69. The highest BCUT2D eigenvalue weighted by Gasteiger charge is 2.24. The summed E-state index contributed by atoms with van der Waals surface area (Å²) in [5.41, 5.74) is 1.03. The molecule has 0 saturated carbocycles. The minimum absolute atomic E-state index is 0.292. The monoisotopic (exact) mass is 276 g/mol. The highest BCUT2D eigenvalue weighted by atomic mass is 16.4. The van der Waals surface area contributed by atoms with Crippen LogP contribution in [0.4, 0.5) is 0 Å². The van der Waals surface area contributed by atoms with Gasteiger partial charge in [-0.05, 0) is 18.2 Å². The SMILES string of the molecule is O=C(O)CC(NC(=O)c1cccc2[nH]ccc12)C(=O)O. The number of carboxylic acids is 2. The third-order valence-electron chi connectivity index (χ3n) is 2.82. The lowest BCUT2D eigenvalue weighted by atomic mass is 10.1. The average Bonchev–Trinajstić information content (AvgIpc) is 2.84. The number of fused-ring (bicyclic) bond motifs is 1. The van der Waals surface area contributed by atoms with Crippen LogP contribution in [-0.4, -0.2) is 39.1 Å². The van der Waals surface area contributed by atoms with E-state index in [9.17, 15) is 14.4 Å². The number of carbonyl (C=O) groups excluding carboxylic acids is 1. The van der Waals surface area contributed by atoms with E-state index >= 15 is 0 Å². The molecular formula is C13H12N2O5. The number of rotatable bonds is 5. The summed E-state index contributed by atoms with van der Waals surface area (Å²) < 4.78 is 0. The second-order valence-electron chi connectivity index (χ2n) is 4.21. The maximum Gasteiger partial charge on any atom is 0.326 e. The summed E-state index contributed by atoms with van der Waals surface area (Å²) in [7, 11) is 0. The molecule has 0 fully saturated rings. The van der Waals surface area contributed by atoms with Gasteiger partial charge in [0.05, 0.1) is 6.42 Å². The second kappa shape index (κ2) is 5.43. The number of hydrogen-bond acceptors (Lipinski definition) is 3. The van der Waals surface area contributed by atoms with Crippen LogP contribution >= 0.6 is 0 Å². The largest absolute Gasteiger partial charge is 0.481 e. The lowest BCUT2D eigenvalue weighted by Crippen LogP contribution is -2.42. The van der Waals surface area contributed by atoms with E-state index in [4.69, 9.17) is 10.2 Å². The van der Waals surface area contributed by atoms with Crippen molar-refractivity contribution >= 4 is 28.7 Å². The Balaban J connectivity index is 2.24. The molecule has 2 aromatic rings. The first-order valence-corrected chi connectivity index (χ1v) is 5.80. The molecule has 4 N–H and O–H groups in total. The Morgan fingerprint density at radius 2 is 1.95 bits per heavy atom. The molecule has 0 saturated heterocycles. The highest BCUT2D eigenvalue weighted by molar-refractivity contribution is 6.07. The normalized spacial score (nSPS) is 12.0. The summed E-state index contributed by atoms with van der Waals surface area (Å²) in [6, 6.07) is 5.20. The van der Waals surface area contributed by atoms with Crippen molar-refractivity contribution in [1.82, 2.24) is 10.3 Å². The Bertz CT molecular complexity index is 676. The summed E-state index contributed by atoms with van der Waals surface area (Å²) in [4.78, 5) is 36.5. The van der Waals surface area contributed by atoms with Gasteiger partial charge in [-0.25, -0.2) is 4.79 Å². The number of carbonyl (C=O) groups is 3. The van der Waals surface area contributed by atoms with Gasteiger partial charge < -0.3 is 20.5 Å². The van der Waals surface area contributed by atoms with E-state index in [1.54, 1.807) is 30.5 Å². The minimum Gasteiger partial charge on any atom is -0.481 e. The highest BCUT2D eigenvalue weighted by Crippen LogP contribution is 2.17. The fourth-order valence-corrected chi connectivity index (χ4v) is 1.89. The summed E-state index contributed by atoms with van der Waals surface area (Å²) in [6.07, 6.45) is 0.984. The predicted octanol–water partition coefficient (Wildman–Crippen LogP) is 0.826. The van der Waals surface area contributed by atoms with E-state index in [2.05, 4.69) is 10.3 Å². The van der Waals surface area contributed by atoms with E-state index in [-0.39, 0.29) is 0 Å². The number of aromatic amines is 1. The Hall–Kier alpha value is -2.83. The first kappa shape index (κ1) is 13.6. The molecule has 0 aliphatic heterocycles. The summed E-state index contributed by atoms with van der Waals surface area (Å²) in [5.74, 6) is -3.30. The molecule has 1 heterocycles. The van der Waals surface area contributed by atoms with Crippen LogP contribution in [0.25, 0.3) is 10.9 Å². The summed E-state index contributed by atoms with van der Waals surface area (Å²) >= 11 is 0. The number of hydrogen-bond donors (Lipinski definition) is 4. The van der Waals surface area contributed by atoms with E-state index in [1.165, 1.54) is 0 Å².